The topological polar surface area (TPSA) is 69.0 Å². The number of hydrogen-bond donors (Lipinski definition) is 1. The minimum absolute atomic E-state index is 0.0817. The molecule has 0 radical (unpaired) electrons. The lowest BCUT2D eigenvalue weighted by Gasteiger charge is -2.15. The Morgan fingerprint density at radius 2 is 2.00 bits per heavy atom. The van der Waals surface area contributed by atoms with Gasteiger partial charge in [-0.25, -0.2) is 0 Å². The molecule has 3 rings (SSSR count). The number of nitrogens with one attached hydrogen (secondary N) is 1. The summed E-state index contributed by atoms with van der Waals surface area (Å²) >= 11 is 0. The van der Waals surface area contributed by atoms with Crippen LogP contribution in [0.1, 0.15) is 30.0 Å². The predicted molar refractivity (Wildman–Crippen MR) is 105 cm³/mol. The number of para-hydroxylation sites is 1. The molecular formula is C21H24N4O2. The average Bonchev–Trinajstić information content (AvgIpc) is 3.07. The molecule has 6 heteroatoms. The molecule has 0 aliphatic heterocycles. The lowest BCUT2D eigenvalue weighted by atomic mass is 10.0. The molecule has 0 unspecified atom stereocenters. The number of ether oxygens (including phenoxy) is 1. The highest BCUT2D eigenvalue weighted by molar-refractivity contribution is 5.95. The summed E-state index contributed by atoms with van der Waals surface area (Å²) in [5.74, 6) is 1.54. The fourth-order valence-corrected chi connectivity index (χ4v) is 2.81. The van der Waals surface area contributed by atoms with E-state index >= 15 is 0 Å². The smallest absolute Gasteiger partial charge is 0.251 e. The van der Waals surface area contributed by atoms with Crippen LogP contribution in [-0.2, 0) is 13.5 Å². The number of carbonyl (C=O) groups is 1. The van der Waals surface area contributed by atoms with Crippen LogP contribution in [0.25, 0.3) is 11.1 Å². The van der Waals surface area contributed by atoms with E-state index in [1.54, 1.807) is 6.33 Å². The average molecular weight is 364 g/mol. The number of hydrogen-bond acceptors (Lipinski definition) is 4. The van der Waals surface area contributed by atoms with Gasteiger partial charge in [0.05, 0.1) is 6.10 Å². The molecule has 1 amide bonds. The van der Waals surface area contributed by atoms with Gasteiger partial charge >= 0.3 is 0 Å². The van der Waals surface area contributed by atoms with Crippen molar-refractivity contribution in [3.63, 3.8) is 0 Å². The monoisotopic (exact) mass is 364 g/mol. The first-order valence-electron chi connectivity index (χ1n) is 9.02. The SMILES string of the molecule is CC(C)Oc1ccccc1-c1cccc(C(=O)NCCc2nncn2C)c1. The van der Waals surface area contributed by atoms with E-state index in [0.717, 1.165) is 22.7 Å². The van der Waals surface area contributed by atoms with Gasteiger partial charge in [-0.1, -0.05) is 30.3 Å². The molecule has 3 aromatic rings. The first-order valence-corrected chi connectivity index (χ1v) is 9.02. The number of aryl methyl sites for hydroxylation is 1. The molecule has 2 aromatic carbocycles. The van der Waals surface area contributed by atoms with E-state index in [2.05, 4.69) is 15.5 Å². The third-order valence-electron chi connectivity index (χ3n) is 4.12. The molecule has 1 N–H and O–H groups in total. The zero-order valence-corrected chi connectivity index (χ0v) is 15.8. The van der Waals surface area contributed by atoms with E-state index < -0.39 is 0 Å². The van der Waals surface area contributed by atoms with Gasteiger partial charge in [0.1, 0.15) is 17.9 Å². The highest BCUT2D eigenvalue weighted by Crippen LogP contribution is 2.31. The van der Waals surface area contributed by atoms with Crippen LogP contribution in [0, 0.1) is 0 Å². The molecule has 0 aliphatic rings. The van der Waals surface area contributed by atoms with E-state index in [-0.39, 0.29) is 12.0 Å². The summed E-state index contributed by atoms with van der Waals surface area (Å²) in [6.07, 6.45) is 2.36. The highest BCUT2D eigenvalue weighted by atomic mass is 16.5. The molecule has 0 saturated carbocycles. The second-order valence-corrected chi connectivity index (χ2v) is 6.61. The molecule has 140 valence electrons. The van der Waals surface area contributed by atoms with Crippen LogP contribution in [-0.4, -0.2) is 33.3 Å². The third kappa shape index (κ3) is 4.73. The van der Waals surface area contributed by atoms with E-state index in [1.807, 2.05) is 74.0 Å². The fourth-order valence-electron chi connectivity index (χ4n) is 2.81. The summed E-state index contributed by atoms with van der Waals surface area (Å²) in [5.41, 5.74) is 2.54. The summed E-state index contributed by atoms with van der Waals surface area (Å²) < 4.78 is 7.75. The molecule has 6 nitrogen and oxygen atoms in total. The van der Waals surface area contributed by atoms with Crippen molar-refractivity contribution in [2.45, 2.75) is 26.4 Å². The summed E-state index contributed by atoms with van der Waals surface area (Å²) in [7, 11) is 1.89. The molecule has 0 aliphatic carbocycles. The summed E-state index contributed by atoms with van der Waals surface area (Å²) in [6.45, 7) is 4.50. The standard InChI is InChI=1S/C21H24N4O2/c1-15(2)27-19-10-5-4-9-18(19)16-7-6-8-17(13-16)21(26)22-12-11-20-24-23-14-25(20)3/h4-10,13-15H,11-12H2,1-3H3,(H,22,26). The highest BCUT2D eigenvalue weighted by Gasteiger charge is 2.11. The van der Waals surface area contributed by atoms with Crippen molar-refractivity contribution in [2.24, 2.45) is 7.05 Å². The van der Waals surface area contributed by atoms with Gasteiger partial charge < -0.3 is 14.6 Å². The van der Waals surface area contributed by atoms with Gasteiger partial charge in [0, 0.05) is 31.1 Å². The van der Waals surface area contributed by atoms with Gasteiger partial charge in [0.25, 0.3) is 5.91 Å². The lowest BCUT2D eigenvalue weighted by Crippen LogP contribution is -2.26. The van der Waals surface area contributed by atoms with Gasteiger partial charge in [-0.15, -0.1) is 10.2 Å². The predicted octanol–water partition coefficient (Wildman–Crippen LogP) is 3.24. The largest absolute Gasteiger partial charge is 0.490 e. The number of nitrogens with zero attached hydrogens (tertiary/aromatic N) is 3. The molecule has 0 atom stereocenters. The minimum atomic E-state index is -0.110. The van der Waals surface area contributed by atoms with Gasteiger partial charge in [0.15, 0.2) is 0 Å². The van der Waals surface area contributed by atoms with Crippen molar-refractivity contribution in [3.05, 3.63) is 66.2 Å². The van der Waals surface area contributed by atoms with Gasteiger partial charge in [-0.05, 0) is 37.6 Å². The van der Waals surface area contributed by atoms with E-state index in [9.17, 15) is 4.79 Å². The number of amides is 1. The second-order valence-electron chi connectivity index (χ2n) is 6.61. The van der Waals surface area contributed by atoms with Gasteiger partial charge in [-0.3, -0.25) is 4.79 Å². The van der Waals surface area contributed by atoms with Crippen molar-refractivity contribution in [2.75, 3.05) is 6.54 Å². The Balaban J connectivity index is 1.72. The van der Waals surface area contributed by atoms with Crippen LogP contribution in [0.3, 0.4) is 0 Å². The van der Waals surface area contributed by atoms with Crippen molar-refractivity contribution in [1.29, 1.82) is 0 Å². The number of carbonyl (C=O) groups excluding carboxylic acids is 1. The number of benzene rings is 2. The van der Waals surface area contributed by atoms with Crippen LogP contribution in [0.5, 0.6) is 5.75 Å². The molecule has 1 aromatic heterocycles. The Bertz CT molecular complexity index is 918. The molecule has 0 bridgehead atoms. The minimum Gasteiger partial charge on any atom is -0.490 e. The van der Waals surface area contributed by atoms with Gasteiger partial charge in [0.2, 0.25) is 0 Å². The Hall–Kier alpha value is -3.15. The van der Waals surface area contributed by atoms with Gasteiger partial charge in [-0.2, -0.15) is 0 Å². The van der Waals surface area contributed by atoms with E-state index in [1.165, 1.54) is 0 Å². The van der Waals surface area contributed by atoms with Crippen LogP contribution >= 0.6 is 0 Å². The molecule has 0 fully saturated rings. The molecule has 27 heavy (non-hydrogen) atoms. The van der Waals surface area contributed by atoms with Crippen molar-refractivity contribution >= 4 is 5.91 Å². The Labute approximate surface area is 159 Å². The Morgan fingerprint density at radius 1 is 1.19 bits per heavy atom. The first-order chi connectivity index (χ1) is 13.0. The third-order valence-corrected chi connectivity index (χ3v) is 4.12. The number of aromatic nitrogens is 3. The Morgan fingerprint density at radius 3 is 2.74 bits per heavy atom. The van der Waals surface area contributed by atoms with E-state index in [4.69, 9.17) is 4.74 Å². The quantitative estimate of drug-likeness (QED) is 0.699. The first kappa shape index (κ1) is 18.6. The van der Waals surface area contributed by atoms with Crippen LogP contribution in [0.2, 0.25) is 0 Å². The van der Waals surface area contributed by atoms with Crippen molar-refractivity contribution in [3.8, 4) is 16.9 Å². The summed E-state index contributed by atoms with van der Waals surface area (Å²) in [6, 6.07) is 15.4. The fraction of sp³-hybridized carbons (Fsp3) is 0.286. The zero-order valence-electron chi connectivity index (χ0n) is 15.8. The maximum absolute atomic E-state index is 12.5. The van der Waals surface area contributed by atoms with Crippen LogP contribution in [0.15, 0.2) is 54.9 Å². The zero-order chi connectivity index (χ0) is 19.2. The van der Waals surface area contributed by atoms with Crippen LogP contribution < -0.4 is 10.1 Å². The molecule has 1 heterocycles. The molecular weight excluding hydrogens is 340 g/mol. The van der Waals surface area contributed by atoms with Crippen LogP contribution in [0.4, 0.5) is 0 Å². The maximum atomic E-state index is 12.5. The van der Waals surface area contributed by atoms with Crippen molar-refractivity contribution < 1.29 is 9.53 Å². The number of rotatable bonds is 7. The normalized spacial score (nSPS) is 10.8. The van der Waals surface area contributed by atoms with E-state index in [0.29, 0.717) is 18.5 Å². The molecule has 0 spiro atoms. The summed E-state index contributed by atoms with van der Waals surface area (Å²) in [5, 5.41) is 10.8. The Kier molecular flexibility index (Phi) is 5.86. The lowest BCUT2D eigenvalue weighted by molar-refractivity contribution is 0.0954. The van der Waals surface area contributed by atoms with Crippen molar-refractivity contribution in [1.82, 2.24) is 20.1 Å². The molecule has 0 saturated heterocycles. The summed E-state index contributed by atoms with van der Waals surface area (Å²) in [4.78, 5) is 12.5. The second kappa shape index (κ2) is 8.49. The maximum Gasteiger partial charge on any atom is 0.251 e.